The first-order valence-corrected chi connectivity index (χ1v) is 17.6. The second-order valence-corrected chi connectivity index (χ2v) is 14.5. The Morgan fingerprint density at radius 2 is 1.23 bits per heavy atom. The first-order valence-electron chi connectivity index (χ1n) is 16.0. The highest BCUT2D eigenvalue weighted by molar-refractivity contribution is 7.26. The summed E-state index contributed by atoms with van der Waals surface area (Å²) in [6.45, 7) is 0. The summed E-state index contributed by atoms with van der Waals surface area (Å²) < 4.78 is 3.89. The number of thiophene rings is 2. The first kappa shape index (κ1) is 25.7. The van der Waals surface area contributed by atoms with Crippen LogP contribution in [0.3, 0.4) is 0 Å². The highest BCUT2D eigenvalue weighted by Gasteiger charge is 2.37. The van der Waals surface area contributed by atoms with Crippen molar-refractivity contribution in [3.05, 3.63) is 156 Å². The zero-order valence-electron chi connectivity index (χ0n) is 25.1. The van der Waals surface area contributed by atoms with E-state index in [-0.39, 0.29) is 5.92 Å². The van der Waals surface area contributed by atoms with Gasteiger partial charge < -0.3 is 0 Å². The van der Waals surface area contributed by atoms with Gasteiger partial charge in [-0.25, -0.2) is 9.97 Å². The van der Waals surface area contributed by atoms with E-state index in [9.17, 15) is 0 Å². The molecule has 1 aliphatic carbocycles. The molecule has 1 aliphatic rings. The van der Waals surface area contributed by atoms with Gasteiger partial charge in [0.2, 0.25) is 0 Å². The maximum absolute atomic E-state index is 5.61. The van der Waals surface area contributed by atoms with Crippen LogP contribution in [0.15, 0.2) is 140 Å². The lowest BCUT2D eigenvalue weighted by Crippen LogP contribution is -2.07. The van der Waals surface area contributed by atoms with Gasteiger partial charge in [-0.15, -0.1) is 22.7 Å². The van der Waals surface area contributed by atoms with Gasteiger partial charge in [0.25, 0.3) is 0 Å². The van der Waals surface area contributed by atoms with Gasteiger partial charge in [0, 0.05) is 35.8 Å². The Labute approximate surface area is 278 Å². The Morgan fingerprint density at radius 1 is 0.532 bits per heavy atom. The number of hydrogen-bond donors (Lipinski definition) is 0. The zero-order valence-corrected chi connectivity index (χ0v) is 26.7. The lowest BCUT2D eigenvalue weighted by atomic mass is 9.88. The number of nitrogens with zero attached hydrogens (tertiary/aromatic N) is 2. The summed E-state index contributed by atoms with van der Waals surface area (Å²) in [4.78, 5) is 12.1. The van der Waals surface area contributed by atoms with Crippen LogP contribution in [0.4, 0.5) is 0 Å². The van der Waals surface area contributed by atoms with Crippen molar-refractivity contribution in [2.24, 2.45) is 0 Å². The number of rotatable bonds is 2. The molecule has 7 aromatic carbocycles. The van der Waals surface area contributed by atoms with Crippen molar-refractivity contribution in [3.63, 3.8) is 0 Å². The monoisotopic (exact) mass is 632 g/mol. The molecule has 2 nitrogen and oxygen atoms in total. The van der Waals surface area contributed by atoms with Gasteiger partial charge in [-0.3, -0.25) is 0 Å². The molecule has 10 aromatic rings. The van der Waals surface area contributed by atoms with E-state index in [1.807, 2.05) is 11.3 Å². The summed E-state index contributed by atoms with van der Waals surface area (Å²) in [6.07, 6.45) is 0. The Kier molecular flexibility index (Phi) is 5.23. The molecule has 0 bridgehead atoms. The van der Waals surface area contributed by atoms with Crippen LogP contribution in [0.2, 0.25) is 0 Å². The van der Waals surface area contributed by atoms with E-state index in [2.05, 4.69) is 140 Å². The minimum Gasteiger partial charge on any atom is -0.243 e. The molecule has 0 N–H and O–H groups in total. The van der Waals surface area contributed by atoms with Crippen LogP contribution in [0.25, 0.3) is 84.5 Å². The maximum Gasteiger partial charge on any atom is 0.143 e. The standard InChI is InChI=1S/C43H24N2S2/c1-2-12-24(13-3-1)39-41(45-43-40(44-39)31-20-10-11-21-33(31)47-43)37-30-19-9-7-17-28(30)35-27-16-6-8-18-29(27)36-32-22-25-14-4-5-15-26(25)23-34(32)46-42(36)38(35)37/h1-23,37H. The molecular formula is C43H24N2S2. The molecule has 218 valence electrons. The van der Waals surface area contributed by atoms with Crippen molar-refractivity contribution < 1.29 is 0 Å². The highest BCUT2D eigenvalue weighted by atomic mass is 32.1. The van der Waals surface area contributed by atoms with Crippen molar-refractivity contribution in [1.29, 1.82) is 0 Å². The molecule has 0 saturated carbocycles. The second-order valence-electron chi connectivity index (χ2n) is 12.4. The van der Waals surface area contributed by atoms with Crippen molar-refractivity contribution in [1.82, 2.24) is 9.97 Å². The molecule has 0 aliphatic heterocycles. The minimum atomic E-state index is -0.0619. The van der Waals surface area contributed by atoms with Crippen LogP contribution in [0.5, 0.6) is 0 Å². The van der Waals surface area contributed by atoms with Crippen molar-refractivity contribution in [3.8, 4) is 22.4 Å². The third kappa shape index (κ3) is 3.54. The van der Waals surface area contributed by atoms with E-state index in [0.29, 0.717) is 0 Å². The molecule has 3 aromatic heterocycles. The Balaban J connectivity index is 1.33. The summed E-state index contributed by atoms with van der Waals surface area (Å²) in [5.41, 5.74) is 9.36. The summed E-state index contributed by atoms with van der Waals surface area (Å²) in [5, 5.41) is 9.01. The number of hydrogen-bond acceptors (Lipinski definition) is 4. The fourth-order valence-corrected chi connectivity index (χ4v) is 10.3. The summed E-state index contributed by atoms with van der Waals surface area (Å²) >= 11 is 3.67. The second kappa shape index (κ2) is 9.55. The van der Waals surface area contributed by atoms with Crippen molar-refractivity contribution in [2.45, 2.75) is 5.92 Å². The first-order chi connectivity index (χ1) is 23.3. The van der Waals surface area contributed by atoms with E-state index >= 15 is 0 Å². The third-order valence-electron chi connectivity index (χ3n) is 9.93. The van der Waals surface area contributed by atoms with E-state index in [1.54, 1.807) is 11.3 Å². The molecule has 1 unspecified atom stereocenters. The topological polar surface area (TPSA) is 25.8 Å². The maximum atomic E-state index is 5.61. The lowest BCUT2D eigenvalue weighted by Gasteiger charge is -2.19. The van der Waals surface area contributed by atoms with Gasteiger partial charge in [-0.1, -0.05) is 121 Å². The Morgan fingerprint density at radius 3 is 2.11 bits per heavy atom. The molecule has 11 rings (SSSR count). The molecule has 0 fully saturated rings. The van der Waals surface area contributed by atoms with Gasteiger partial charge in [-0.2, -0.15) is 0 Å². The van der Waals surface area contributed by atoms with Gasteiger partial charge in [0.1, 0.15) is 10.3 Å². The molecule has 1 atom stereocenters. The Bertz CT molecular complexity index is 2920. The highest BCUT2D eigenvalue weighted by Crippen LogP contribution is 2.57. The number of aromatic nitrogens is 2. The summed E-state index contributed by atoms with van der Waals surface area (Å²) in [5.74, 6) is -0.0619. The normalized spacial score (nSPS) is 14.2. The molecule has 0 radical (unpaired) electrons. The van der Waals surface area contributed by atoms with E-state index in [0.717, 1.165) is 27.3 Å². The van der Waals surface area contributed by atoms with E-state index in [4.69, 9.17) is 9.97 Å². The van der Waals surface area contributed by atoms with E-state index in [1.165, 1.54) is 74.1 Å². The van der Waals surface area contributed by atoms with Crippen molar-refractivity contribution >= 4 is 84.8 Å². The van der Waals surface area contributed by atoms with Gasteiger partial charge in [-0.05, 0) is 62.0 Å². The SMILES string of the molecule is c1ccc(-c2nc3c(nc2C2c4ccccc4-c4c2c2sc5cc6ccccc6cc5c2c2ccccc42)sc2ccccc23)cc1. The minimum absolute atomic E-state index is 0.0619. The molecular weight excluding hydrogens is 609 g/mol. The molecule has 0 saturated heterocycles. The lowest BCUT2D eigenvalue weighted by molar-refractivity contribution is 0.961. The van der Waals surface area contributed by atoms with Crippen LogP contribution in [0, 0.1) is 0 Å². The van der Waals surface area contributed by atoms with Crippen LogP contribution in [0.1, 0.15) is 22.7 Å². The predicted octanol–water partition coefficient (Wildman–Crippen LogP) is 12.3. The van der Waals surface area contributed by atoms with Crippen LogP contribution >= 0.6 is 22.7 Å². The fraction of sp³-hybridized carbons (Fsp3) is 0.0233. The van der Waals surface area contributed by atoms with Crippen LogP contribution in [-0.4, -0.2) is 9.97 Å². The molecule has 0 spiro atoms. The third-order valence-corrected chi connectivity index (χ3v) is 12.2. The predicted molar refractivity (Wildman–Crippen MR) is 201 cm³/mol. The molecule has 47 heavy (non-hydrogen) atoms. The summed E-state index contributed by atoms with van der Waals surface area (Å²) in [6, 6.07) is 50.7. The fourth-order valence-electron chi connectivity index (χ4n) is 7.94. The quantitative estimate of drug-likeness (QED) is 0.189. The largest absolute Gasteiger partial charge is 0.243 e. The van der Waals surface area contributed by atoms with Gasteiger partial charge in [0.15, 0.2) is 0 Å². The number of fused-ring (bicyclic) bond motifs is 14. The molecule has 0 amide bonds. The average Bonchev–Trinajstić information content (AvgIpc) is 3.80. The smallest absolute Gasteiger partial charge is 0.143 e. The van der Waals surface area contributed by atoms with Gasteiger partial charge >= 0.3 is 0 Å². The van der Waals surface area contributed by atoms with Crippen LogP contribution in [-0.2, 0) is 0 Å². The van der Waals surface area contributed by atoms with Gasteiger partial charge in [0.05, 0.1) is 17.3 Å². The molecule has 3 heterocycles. The van der Waals surface area contributed by atoms with Crippen molar-refractivity contribution in [2.75, 3.05) is 0 Å². The molecule has 4 heteroatoms. The summed E-state index contributed by atoms with van der Waals surface area (Å²) in [7, 11) is 0. The van der Waals surface area contributed by atoms with Crippen LogP contribution < -0.4 is 0 Å². The average molecular weight is 633 g/mol. The van der Waals surface area contributed by atoms with E-state index < -0.39 is 0 Å². The number of benzene rings is 7. The zero-order chi connectivity index (χ0) is 30.6. The Hall–Kier alpha value is -5.42.